The van der Waals surface area contributed by atoms with Crippen molar-refractivity contribution in [2.75, 3.05) is 6.61 Å². The summed E-state index contributed by atoms with van der Waals surface area (Å²) in [5.74, 6) is -3.86. The zero-order valence-corrected chi connectivity index (χ0v) is 17.8. The molecule has 166 valence electrons. The van der Waals surface area contributed by atoms with Gasteiger partial charge in [-0.2, -0.15) is 0 Å². The number of ether oxygens (including phenoxy) is 1. The summed E-state index contributed by atoms with van der Waals surface area (Å²) in [6.07, 6.45) is 0. The molecule has 0 aliphatic carbocycles. The second-order valence-electron chi connectivity index (χ2n) is 7.31. The summed E-state index contributed by atoms with van der Waals surface area (Å²) >= 11 is 0.979. The van der Waals surface area contributed by atoms with Crippen LogP contribution >= 0.6 is 11.3 Å². The lowest BCUT2D eigenvalue weighted by molar-refractivity contribution is -0.131. The second-order valence-corrected chi connectivity index (χ2v) is 8.37. The van der Waals surface area contributed by atoms with Gasteiger partial charge in [-0.1, -0.05) is 6.07 Å². The largest absolute Gasteiger partial charge is 0.462 e. The first-order chi connectivity index (χ1) is 15.2. The zero-order chi connectivity index (χ0) is 23.2. The molecule has 0 saturated carbocycles. The monoisotopic (exact) mass is 462 g/mol. The van der Waals surface area contributed by atoms with Gasteiger partial charge in [-0.3, -0.25) is 9.69 Å². The molecular formula is C22H17F3N2O4S. The van der Waals surface area contributed by atoms with Crippen LogP contribution in [0, 0.1) is 17.5 Å². The highest BCUT2D eigenvalue weighted by atomic mass is 32.1. The van der Waals surface area contributed by atoms with Crippen molar-refractivity contribution >= 4 is 39.3 Å². The van der Waals surface area contributed by atoms with E-state index in [4.69, 9.17) is 4.74 Å². The second kappa shape index (κ2) is 7.94. The van der Waals surface area contributed by atoms with E-state index in [2.05, 4.69) is 5.32 Å². The van der Waals surface area contributed by atoms with E-state index in [1.54, 1.807) is 13.0 Å². The van der Waals surface area contributed by atoms with Gasteiger partial charge in [0.2, 0.25) is 0 Å². The highest BCUT2D eigenvalue weighted by molar-refractivity contribution is 7.21. The zero-order valence-electron chi connectivity index (χ0n) is 17.0. The third-order valence-electron chi connectivity index (χ3n) is 5.28. The number of imide groups is 1. The van der Waals surface area contributed by atoms with Gasteiger partial charge in [0.05, 0.1) is 13.2 Å². The maximum Gasteiger partial charge on any atom is 0.348 e. The summed E-state index contributed by atoms with van der Waals surface area (Å²) in [6, 6.07) is 5.99. The van der Waals surface area contributed by atoms with Crippen molar-refractivity contribution in [2.24, 2.45) is 0 Å². The minimum absolute atomic E-state index is 0.0538. The van der Waals surface area contributed by atoms with Crippen LogP contribution < -0.4 is 5.32 Å². The number of fused-ring (bicyclic) bond motifs is 1. The molecule has 1 fully saturated rings. The topological polar surface area (TPSA) is 75.7 Å². The number of carbonyl (C=O) groups excluding carboxylic acids is 3. The van der Waals surface area contributed by atoms with E-state index >= 15 is 0 Å². The van der Waals surface area contributed by atoms with E-state index in [1.165, 1.54) is 19.1 Å². The molecule has 1 aliphatic rings. The lowest BCUT2D eigenvalue weighted by atomic mass is 9.91. The van der Waals surface area contributed by atoms with E-state index in [0.29, 0.717) is 4.70 Å². The molecule has 0 spiro atoms. The van der Waals surface area contributed by atoms with Crippen LogP contribution in [0.2, 0.25) is 0 Å². The number of halogens is 3. The average Bonchev–Trinajstić information content (AvgIpc) is 3.22. The van der Waals surface area contributed by atoms with Gasteiger partial charge >= 0.3 is 12.0 Å². The molecule has 3 amide bonds. The number of nitrogens with one attached hydrogen (secondary N) is 1. The van der Waals surface area contributed by atoms with Crippen LogP contribution in [0.15, 0.2) is 36.4 Å². The molecule has 0 bridgehead atoms. The molecule has 1 N–H and O–H groups in total. The Kier molecular flexibility index (Phi) is 5.41. The van der Waals surface area contributed by atoms with Crippen LogP contribution in [-0.2, 0) is 21.6 Å². The van der Waals surface area contributed by atoms with Gasteiger partial charge in [0.15, 0.2) is 0 Å². The first kappa shape index (κ1) is 21.8. The summed E-state index contributed by atoms with van der Waals surface area (Å²) in [4.78, 5) is 39.2. The standard InChI is InChI=1S/C22H17F3N2O4S/c1-3-31-19(28)18-12(17-15(25)5-4-6-16(17)32-18)10-27-20(29)22(2,26-21(27)30)13-9-11(23)7-8-14(13)24/h4-9H,3,10H2,1-2H3,(H,26,30). The Bertz CT molecular complexity index is 1280. The number of hydrogen-bond acceptors (Lipinski definition) is 5. The van der Waals surface area contributed by atoms with Gasteiger partial charge in [0.25, 0.3) is 5.91 Å². The minimum atomic E-state index is -1.88. The highest BCUT2D eigenvalue weighted by Gasteiger charge is 2.50. The van der Waals surface area contributed by atoms with E-state index in [9.17, 15) is 27.6 Å². The molecule has 1 atom stereocenters. The number of benzene rings is 2. The highest BCUT2D eigenvalue weighted by Crippen LogP contribution is 2.37. The summed E-state index contributed by atoms with van der Waals surface area (Å²) in [5.41, 5.74) is -2.11. The van der Waals surface area contributed by atoms with Crippen LogP contribution in [0.1, 0.15) is 34.6 Å². The summed E-state index contributed by atoms with van der Waals surface area (Å²) < 4.78 is 48.3. The van der Waals surface area contributed by atoms with Crippen LogP contribution in [-0.4, -0.2) is 29.4 Å². The molecule has 1 unspecified atom stereocenters. The molecule has 0 radical (unpaired) electrons. The van der Waals surface area contributed by atoms with Crippen LogP contribution in [0.5, 0.6) is 0 Å². The summed E-state index contributed by atoms with van der Waals surface area (Å²) in [6.45, 7) is 2.49. The summed E-state index contributed by atoms with van der Waals surface area (Å²) in [7, 11) is 0. The lowest BCUT2D eigenvalue weighted by Crippen LogP contribution is -2.41. The lowest BCUT2D eigenvalue weighted by Gasteiger charge is -2.23. The van der Waals surface area contributed by atoms with Crippen molar-refractivity contribution in [3.05, 3.63) is 69.9 Å². The molecule has 32 heavy (non-hydrogen) atoms. The van der Waals surface area contributed by atoms with E-state index in [1.807, 2.05) is 0 Å². The van der Waals surface area contributed by atoms with Crippen molar-refractivity contribution in [2.45, 2.75) is 25.9 Å². The number of rotatable bonds is 5. The minimum Gasteiger partial charge on any atom is -0.462 e. The SMILES string of the molecule is CCOC(=O)c1sc2cccc(F)c2c1CN1C(=O)NC(C)(c2cc(F)ccc2F)C1=O. The Morgan fingerprint density at radius 2 is 1.91 bits per heavy atom. The Morgan fingerprint density at radius 1 is 1.16 bits per heavy atom. The van der Waals surface area contributed by atoms with E-state index in [-0.39, 0.29) is 28.0 Å². The number of carbonyl (C=O) groups is 3. The third kappa shape index (κ3) is 3.40. The third-order valence-corrected chi connectivity index (χ3v) is 6.46. The fraction of sp³-hybridized carbons (Fsp3) is 0.227. The maximum atomic E-state index is 14.7. The predicted molar refractivity (Wildman–Crippen MR) is 111 cm³/mol. The number of nitrogens with zero attached hydrogens (tertiary/aromatic N) is 1. The van der Waals surface area contributed by atoms with E-state index < -0.39 is 47.4 Å². The van der Waals surface area contributed by atoms with Crippen molar-refractivity contribution in [3.8, 4) is 0 Å². The Morgan fingerprint density at radius 3 is 2.62 bits per heavy atom. The maximum absolute atomic E-state index is 14.7. The Balaban J connectivity index is 1.79. The van der Waals surface area contributed by atoms with Gasteiger partial charge in [-0.15, -0.1) is 11.3 Å². The van der Waals surface area contributed by atoms with Crippen molar-refractivity contribution in [3.63, 3.8) is 0 Å². The number of esters is 1. The van der Waals surface area contributed by atoms with Gasteiger partial charge in [0.1, 0.15) is 27.9 Å². The van der Waals surface area contributed by atoms with Crippen LogP contribution in [0.25, 0.3) is 10.1 Å². The summed E-state index contributed by atoms with van der Waals surface area (Å²) in [5, 5.41) is 2.48. The van der Waals surface area contributed by atoms with Crippen molar-refractivity contribution in [1.29, 1.82) is 0 Å². The normalized spacial score (nSPS) is 18.3. The fourth-order valence-corrected chi connectivity index (χ4v) is 4.86. The quantitative estimate of drug-likeness (QED) is 0.449. The molecule has 4 rings (SSSR count). The predicted octanol–water partition coefficient (Wildman–Crippen LogP) is 4.46. The van der Waals surface area contributed by atoms with Crippen molar-refractivity contribution < 1.29 is 32.3 Å². The van der Waals surface area contributed by atoms with Gasteiger partial charge < -0.3 is 10.1 Å². The average molecular weight is 462 g/mol. The molecule has 1 aliphatic heterocycles. The van der Waals surface area contributed by atoms with Gasteiger partial charge in [0, 0.05) is 21.2 Å². The van der Waals surface area contributed by atoms with Crippen LogP contribution in [0.3, 0.4) is 0 Å². The first-order valence-electron chi connectivity index (χ1n) is 9.64. The molecule has 6 nitrogen and oxygen atoms in total. The molecule has 1 saturated heterocycles. The van der Waals surface area contributed by atoms with Crippen LogP contribution in [0.4, 0.5) is 18.0 Å². The molecule has 2 heterocycles. The molecule has 2 aromatic carbocycles. The fourth-order valence-electron chi connectivity index (χ4n) is 3.74. The Labute approximate surface area is 184 Å². The van der Waals surface area contributed by atoms with Gasteiger partial charge in [-0.25, -0.2) is 22.8 Å². The first-order valence-corrected chi connectivity index (χ1v) is 10.5. The number of hydrogen-bond donors (Lipinski definition) is 1. The molecule has 3 aromatic rings. The number of urea groups is 1. The molecule has 10 heteroatoms. The Hall–Kier alpha value is -3.40. The smallest absolute Gasteiger partial charge is 0.348 e. The number of thiophene rings is 1. The van der Waals surface area contributed by atoms with Gasteiger partial charge in [-0.05, 0) is 44.2 Å². The van der Waals surface area contributed by atoms with Crippen molar-refractivity contribution in [1.82, 2.24) is 10.2 Å². The van der Waals surface area contributed by atoms with E-state index in [0.717, 1.165) is 34.4 Å². The molecule has 1 aromatic heterocycles. The molecular weight excluding hydrogens is 445 g/mol. The number of amides is 3.